The van der Waals surface area contributed by atoms with E-state index in [0.717, 1.165) is 12.8 Å². The highest BCUT2D eigenvalue weighted by Crippen LogP contribution is 2.09. The number of amides is 1. The van der Waals surface area contributed by atoms with E-state index in [4.69, 9.17) is 0 Å². The Kier molecular flexibility index (Phi) is 3.77. The Morgan fingerprint density at radius 2 is 2.50 bits per heavy atom. The van der Waals surface area contributed by atoms with Crippen LogP contribution in [-0.2, 0) is 4.79 Å². The van der Waals surface area contributed by atoms with Crippen molar-refractivity contribution in [3.05, 3.63) is 12.7 Å². The monoisotopic (exact) mass is 141 g/mol. The smallest absolute Gasteiger partial charge is 0.220 e. The third kappa shape index (κ3) is 2.21. The summed E-state index contributed by atoms with van der Waals surface area (Å²) in [6, 6.07) is 0.370. The van der Waals surface area contributed by atoms with Crippen LogP contribution in [0.1, 0.15) is 26.7 Å². The van der Waals surface area contributed by atoms with Crippen molar-refractivity contribution >= 4 is 5.91 Å². The van der Waals surface area contributed by atoms with Crippen LogP contribution in [0.25, 0.3) is 0 Å². The summed E-state index contributed by atoms with van der Waals surface area (Å²) >= 11 is 0. The van der Waals surface area contributed by atoms with Crippen LogP contribution in [0, 0.1) is 0 Å². The average molecular weight is 141 g/mol. The molecule has 1 heterocycles. The van der Waals surface area contributed by atoms with Crippen molar-refractivity contribution < 1.29 is 4.79 Å². The Bertz CT molecular complexity index is 131. The zero-order valence-electron chi connectivity index (χ0n) is 5.39. The molecule has 2 nitrogen and oxygen atoms in total. The first-order chi connectivity index (χ1) is 4.33. The summed E-state index contributed by atoms with van der Waals surface area (Å²) in [6.45, 7) is 3.60. The van der Waals surface area contributed by atoms with Crippen molar-refractivity contribution in [2.75, 3.05) is 0 Å². The minimum absolute atomic E-state index is 0. The molecular weight excluding hydrogens is 126 g/mol. The largest absolute Gasteiger partial charge is 0.353 e. The second-order valence-corrected chi connectivity index (χ2v) is 2.33. The lowest BCUT2D eigenvalue weighted by molar-refractivity contribution is -0.119. The fourth-order valence-electron chi connectivity index (χ4n) is 1.06. The third-order valence-electron chi connectivity index (χ3n) is 1.54. The van der Waals surface area contributed by atoms with Crippen molar-refractivity contribution in [1.82, 2.24) is 5.32 Å². The first-order valence-corrected chi connectivity index (χ1v) is 3.23. The van der Waals surface area contributed by atoms with Gasteiger partial charge in [0.05, 0.1) is 0 Å². The zero-order valence-corrected chi connectivity index (χ0v) is 5.39. The molecule has 1 N–H and O–H groups in total. The van der Waals surface area contributed by atoms with E-state index in [-0.39, 0.29) is 13.3 Å². The lowest BCUT2D eigenvalue weighted by atomic mass is 10.2. The topological polar surface area (TPSA) is 29.1 Å². The quantitative estimate of drug-likeness (QED) is 0.580. The SMILES string of the molecule is C.C=CC[C@@H]1CCC(=O)N1. The molecule has 0 aromatic carbocycles. The van der Waals surface area contributed by atoms with Gasteiger partial charge in [-0.05, 0) is 12.8 Å². The van der Waals surface area contributed by atoms with Crippen LogP contribution in [0.15, 0.2) is 12.7 Å². The van der Waals surface area contributed by atoms with Gasteiger partial charge in [-0.3, -0.25) is 4.79 Å². The summed E-state index contributed by atoms with van der Waals surface area (Å²) in [6.07, 6.45) is 4.42. The molecule has 0 aromatic rings. The number of carbonyl (C=O) groups is 1. The Hall–Kier alpha value is -0.790. The highest BCUT2D eigenvalue weighted by Gasteiger charge is 2.18. The lowest BCUT2D eigenvalue weighted by Crippen LogP contribution is -2.24. The molecule has 0 aromatic heterocycles. The van der Waals surface area contributed by atoms with E-state index in [9.17, 15) is 4.79 Å². The van der Waals surface area contributed by atoms with Gasteiger partial charge in [-0.15, -0.1) is 6.58 Å². The lowest BCUT2D eigenvalue weighted by Gasteiger charge is -2.03. The van der Waals surface area contributed by atoms with Crippen molar-refractivity contribution in [1.29, 1.82) is 0 Å². The Labute approximate surface area is 62.3 Å². The van der Waals surface area contributed by atoms with E-state index < -0.39 is 0 Å². The summed E-state index contributed by atoms with van der Waals surface area (Å²) in [5.74, 6) is 0.182. The van der Waals surface area contributed by atoms with Crippen LogP contribution in [-0.4, -0.2) is 11.9 Å². The molecule has 1 atom stereocenters. The molecule has 0 aliphatic carbocycles. The number of hydrogen-bond acceptors (Lipinski definition) is 1. The zero-order chi connectivity index (χ0) is 6.69. The van der Waals surface area contributed by atoms with Gasteiger partial charge in [0, 0.05) is 12.5 Å². The molecule has 0 radical (unpaired) electrons. The van der Waals surface area contributed by atoms with Crippen LogP contribution in [0.2, 0.25) is 0 Å². The summed E-state index contributed by atoms with van der Waals surface area (Å²) < 4.78 is 0. The molecule has 0 unspecified atom stereocenters. The standard InChI is InChI=1S/C7H11NO.CH4/c1-2-3-6-4-5-7(9)8-6;/h2,6H,1,3-5H2,(H,8,9);1H4/t6-;/m1./s1. The molecule has 0 saturated carbocycles. The molecule has 1 fully saturated rings. The minimum atomic E-state index is 0. The van der Waals surface area contributed by atoms with Crippen LogP contribution in [0.3, 0.4) is 0 Å². The van der Waals surface area contributed by atoms with Gasteiger partial charge >= 0.3 is 0 Å². The molecule has 1 saturated heterocycles. The maximum Gasteiger partial charge on any atom is 0.220 e. The van der Waals surface area contributed by atoms with Crippen LogP contribution in [0.4, 0.5) is 0 Å². The fraction of sp³-hybridized carbons (Fsp3) is 0.625. The van der Waals surface area contributed by atoms with Crippen LogP contribution >= 0.6 is 0 Å². The maximum absolute atomic E-state index is 10.6. The fourth-order valence-corrected chi connectivity index (χ4v) is 1.06. The van der Waals surface area contributed by atoms with Crippen molar-refractivity contribution in [2.45, 2.75) is 32.7 Å². The van der Waals surface area contributed by atoms with Crippen molar-refractivity contribution in [2.24, 2.45) is 0 Å². The molecule has 1 rings (SSSR count). The van der Waals surface area contributed by atoms with E-state index in [1.165, 1.54) is 0 Å². The van der Waals surface area contributed by atoms with Gasteiger partial charge in [0.25, 0.3) is 0 Å². The van der Waals surface area contributed by atoms with Gasteiger partial charge in [0.2, 0.25) is 5.91 Å². The maximum atomic E-state index is 10.6. The molecule has 10 heavy (non-hydrogen) atoms. The second kappa shape index (κ2) is 4.09. The first-order valence-electron chi connectivity index (χ1n) is 3.23. The summed E-state index contributed by atoms with van der Waals surface area (Å²) in [4.78, 5) is 10.6. The van der Waals surface area contributed by atoms with E-state index in [1.54, 1.807) is 0 Å². The molecular formula is C8H15NO. The molecule has 1 aliphatic heterocycles. The van der Waals surface area contributed by atoms with Crippen molar-refractivity contribution in [3.8, 4) is 0 Å². The average Bonchev–Trinajstić information content (AvgIpc) is 2.17. The Morgan fingerprint density at radius 3 is 2.90 bits per heavy atom. The van der Waals surface area contributed by atoms with E-state index in [1.807, 2.05) is 6.08 Å². The highest BCUT2D eigenvalue weighted by molar-refractivity contribution is 5.78. The minimum Gasteiger partial charge on any atom is -0.353 e. The first kappa shape index (κ1) is 9.21. The third-order valence-corrected chi connectivity index (χ3v) is 1.54. The van der Waals surface area contributed by atoms with E-state index in [2.05, 4.69) is 11.9 Å². The second-order valence-electron chi connectivity index (χ2n) is 2.33. The summed E-state index contributed by atoms with van der Waals surface area (Å²) in [5.41, 5.74) is 0. The normalized spacial score (nSPS) is 23.2. The van der Waals surface area contributed by atoms with Gasteiger partial charge in [-0.1, -0.05) is 13.5 Å². The molecule has 0 spiro atoms. The Balaban J connectivity index is 0.000000810. The highest BCUT2D eigenvalue weighted by atomic mass is 16.1. The van der Waals surface area contributed by atoms with Gasteiger partial charge < -0.3 is 5.32 Å². The molecule has 1 amide bonds. The van der Waals surface area contributed by atoms with Gasteiger partial charge in [0.15, 0.2) is 0 Å². The van der Waals surface area contributed by atoms with Crippen LogP contribution < -0.4 is 5.32 Å². The molecule has 1 aliphatic rings. The van der Waals surface area contributed by atoms with Crippen molar-refractivity contribution in [3.63, 3.8) is 0 Å². The predicted octanol–water partition coefficient (Wildman–Crippen LogP) is 1.48. The number of rotatable bonds is 2. The van der Waals surface area contributed by atoms with Gasteiger partial charge in [0.1, 0.15) is 0 Å². The predicted molar refractivity (Wildman–Crippen MR) is 42.7 cm³/mol. The molecule has 0 bridgehead atoms. The van der Waals surface area contributed by atoms with Crippen LogP contribution in [0.5, 0.6) is 0 Å². The van der Waals surface area contributed by atoms with E-state index in [0.29, 0.717) is 12.5 Å². The number of nitrogens with one attached hydrogen (secondary N) is 1. The number of hydrogen-bond donors (Lipinski definition) is 1. The number of carbonyl (C=O) groups excluding carboxylic acids is 1. The van der Waals surface area contributed by atoms with Gasteiger partial charge in [-0.2, -0.15) is 0 Å². The Morgan fingerprint density at radius 1 is 1.80 bits per heavy atom. The van der Waals surface area contributed by atoms with E-state index >= 15 is 0 Å². The summed E-state index contributed by atoms with van der Waals surface area (Å²) in [7, 11) is 0. The van der Waals surface area contributed by atoms with Gasteiger partial charge in [-0.25, -0.2) is 0 Å². The summed E-state index contributed by atoms with van der Waals surface area (Å²) in [5, 5.41) is 2.84. The molecule has 2 heteroatoms. The molecule has 58 valence electrons.